The van der Waals surface area contributed by atoms with E-state index in [-0.39, 0.29) is 17.0 Å². The zero-order valence-electron chi connectivity index (χ0n) is 12.1. The zero-order chi connectivity index (χ0) is 13.1. The number of ether oxygens (including phenoxy) is 1. The minimum atomic E-state index is -0.289. The van der Waals surface area contributed by atoms with Crippen LogP contribution in [0.5, 0.6) is 0 Å². The summed E-state index contributed by atoms with van der Waals surface area (Å²) in [6, 6.07) is 0. The molecule has 2 nitrogen and oxygen atoms in total. The summed E-state index contributed by atoms with van der Waals surface area (Å²) in [6.45, 7) is 10.4. The largest absolute Gasteiger partial charge is 0.459 e. The van der Waals surface area contributed by atoms with Crippen molar-refractivity contribution in [3.8, 4) is 0 Å². The molecule has 1 aliphatic rings. The predicted octanol–water partition coefficient (Wildman–Crippen LogP) is 4.32. The van der Waals surface area contributed by atoms with E-state index in [4.69, 9.17) is 4.74 Å². The Morgan fingerprint density at radius 3 is 2.06 bits per heavy atom. The van der Waals surface area contributed by atoms with Crippen LogP contribution in [0.2, 0.25) is 0 Å². The molecule has 0 unspecified atom stereocenters. The molecule has 1 aliphatic carbocycles. The number of hydrogen-bond donors (Lipinski definition) is 0. The van der Waals surface area contributed by atoms with Crippen molar-refractivity contribution in [2.24, 2.45) is 11.3 Å². The van der Waals surface area contributed by atoms with Crippen molar-refractivity contribution in [1.29, 1.82) is 0 Å². The van der Waals surface area contributed by atoms with Crippen molar-refractivity contribution >= 4 is 5.97 Å². The summed E-state index contributed by atoms with van der Waals surface area (Å²) >= 11 is 0. The van der Waals surface area contributed by atoms with Crippen molar-refractivity contribution in [2.45, 2.75) is 78.7 Å². The van der Waals surface area contributed by atoms with Gasteiger partial charge in [-0.2, -0.15) is 0 Å². The monoisotopic (exact) mass is 240 g/mol. The summed E-state index contributed by atoms with van der Waals surface area (Å²) in [5, 5.41) is 0. The number of carbonyl (C=O) groups is 1. The average Bonchev–Trinajstić information content (AvgIpc) is 2.15. The van der Waals surface area contributed by atoms with E-state index in [2.05, 4.69) is 34.6 Å². The van der Waals surface area contributed by atoms with Gasteiger partial charge < -0.3 is 4.74 Å². The molecule has 0 amide bonds. The Labute approximate surface area is 106 Å². The van der Waals surface area contributed by atoms with Crippen LogP contribution in [0, 0.1) is 11.3 Å². The first kappa shape index (κ1) is 14.5. The molecule has 0 N–H and O–H groups in total. The van der Waals surface area contributed by atoms with Crippen LogP contribution in [0.25, 0.3) is 0 Å². The van der Waals surface area contributed by atoms with E-state index in [9.17, 15) is 4.79 Å². The zero-order valence-corrected chi connectivity index (χ0v) is 12.1. The summed E-state index contributed by atoms with van der Waals surface area (Å²) in [7, 11) is 0. The Morgan fingerprint density at radius 1 is 1.06 bits per heavy atom. The van der Waals surface area contributed by atoms with E-state index in [1.807, 2.05) is 0 Å². The number of rotatable bonds is 3. The van der Waals surface area contributed by atoms with E-state index in [1.165, 1.54) is 32.1 Å². The Kier molecular flexibility index (Phi) is 4.62. The first-order chi connectivity index (χ1) is 7.71. The molecule has 2 heteroatoms. The predicted molar refractivity (Wildman–Crippen MR) is 70.8 cm³/mol. The highest BCUT2D eigenvalue weighted by molar-refractivity contribution is 5.70. The number of hydrogen-bond acceptors (Lipinski definition) is 2. The van der Waals surface area contributed by atoms with Crippen molar-refractivity contribution < 1.29 is 9.53 Å². The van der Waals surface area contributed by atoms with Gasteiger partial charge >= 0.3 is 5.97 Å². The van der Waals surface area contributed by atoms with E-state index >= 15 is 0 Å². The minimum absolute atomic E-state index is 0.0136. The standard InChI is InChI=1S/C15H28O2/c1-14(2,3)11-13(16)17-15(4,5)12-9-7-6-8-10-12/h12H,6-11H2,1-5H3. The molecule has 0 radical (unpaired) electrons. The highest BCUT2D eigenvalue weighted by Crippen LogP contribution is 2.35. The topological polar surface area (TPSA) is 26.3 Å². The fourth-order valence-corrected chi connectivity index (χ4v) is 2.64. The Balaban J connectivity index is 2.50. The lowest BCUT2D eigenvalue weighted by atomic mass is 9.78. The highest BCUT2D eigenvalue weighted by atomic mass is 16.6. The van der Waals surface area contributed by atoms with Crippen molar-refractivity contribution in [3.05, 3.63) is 0 Å². The van der Waals surface area contributed by atoms with Crippen LogP contribution in [0.3, 0.4) is 0 Å². The summed E-state index contributed by atoms with van der Waals surface area (Å²) < 4.78 is 5.71. The first-order valence-corrected chi connectivity index (χ1v) is 6.92. The first-order valence-electron chi connectivity index (χ1n) is 6.92. The van der Waals surface area contributed by atoms with Gasteiger partial charge in [0.15, 0.2) is 0 Å². The molecule has 17 heavy (non-hydrogen) atoms. The van der Waals surface area contributed by atoms with Crippen LogP contribution in [0.4, 0.5) is 0 Å². The highest BCUT2D eigenvalue weighted by Gasteiger charge is 2.34. The minimum Gasteiger partial charge on any atom is -0.459 e. The average molecular weight is 240 g/mol. The third-order valence-corrected chi connectivity index (χ3v) is 3.64. The van der Waals surface area contributed by atoms with Gasteiger partial charge in [-0.3, -0.25) is 4.79 Å². The van der Waals surface area contributed by atoms with Gasteiger partial charge in [0.1, 0.15) is 5.60 Å². The quantitative estimate of drug-likeness (QED) is 0.686. The summed E-state index contributed by atoms with van der Waals surface area (Å²) in [4.78, 5) is 11.9. The molecule has 0 aromatic heterocycles. The molecular weight excluding hydrogens is 212 g/mol. The second kappa shape index (κ2) is 5.41. The Bertz CT molecular complexity index is 255. The second-order valence-corrected chi connectivity index (χ2v) is 7.15. The van der Waals surface area contributed by atoms with Gasteiger partial charge in [0.2, 0.25) is 0 Å². The van der Waals surface area contributed by atoms with Gasteiger partial charge in [0.05, 0.1) is 6.42 Å². The van der Waals surface area contributed by atoms with Crippen LogP contribution >= 0.6 is 0 Å². The lowest BCUT2D eigenvalue weighted by molar-refractivity contribution is -0.165. The van der Waals surface area contributed by atoms with Crippen LogP contribution in [-0.2, 0) is 9.53 Å². The molecule has 0 aliphatic heterocycles. The maximum Gasteiger partial charge on any atom is 0.306 e. The van der Waals surface area contributed by atoms with E-state index in [0.29, 0.717) is 12.3 Å². The molecule has 1 fully saturated rings. The van der Waals surface area contributed by atoms with Crippen LogP contribution in [0.15, 0.2) is 0 Å². The van der Waals surface area contributed by atoms with Crippen molar-refractivity contribution in [2.75, 3.05) is 0 Å². The van der Waals surface area contributed by atoms with E-state index in [1.54, 1.807) is 0 Å². The third kappa shape index (κ3) is 5.10. The van der Waals surface area contributed by atoms with Crippen molar-refractivity contribution in [3.63, 3.8) is 0 Å². The molecular formula is C15H28O2. The molecule has 1 rings (SSSR count). The van der Waals surface area contributed by atoms with Gasteiger partial charge in [0.25, 0.3) is 0 Å². The van der Waals surface area contributed by atoms with E-state index < -0.39 is 0 Å². The van der Waals surface area contributed by atoms with Gasteiger partial charge in [-0.05, 0) is 38.0 Å². The molecule has 0 spiro atoms. The molecule has 0 heterocycles. The maximum atomic E-state index is 11.9. The summed E-state index contributed by atoms with van der Waals surface area (Å²) in [6.07, 6.45) is 6.81. The van der Waals surface area contributed by atoms with Crippen LogP contribution in [0.1, 0.15) is 73.1 Å². The summed E-state index contributed by atoms with van der Waals surface area (Å²) in [5.74, 6) is 0.494. The second-order valence-electron chi connectivity index (χ2n) is 7.15. The van der Waals surface area contributed by atoms with Gasteiger partial charge in [-0.25, -0.2) is 0 Å². The normalized spacial score (nSPS) is 19.1. The third-order valence-electron chi connectivity index (χ3n) is 3.64. The molecule has 0 aromatic carbocycles. The Hall–Kier alpha value is -0.530. The van der Waals surface area contributed by atoms with Gasteiger partial charge in [-0.15, -0.1) is 0 Å². The fraction of sp³-hybridized carbons (Fsp3) is 0.933. The number of esters is 1. The molecule has 100 valence electrons. The van der Waals surface area contributed by atoms with Crippen molar-refractivity contribution in [1.82, 2.24) is 0 Å². The van der Waals surface area contributed by atoms with Gasteiger partial charge in [0, 0.05) is 0 Å². The smallest absolute Gasteiger partial charge is 0.306 e. The van der Waals surface area contributed by atoms with E-state index in [0.717, 1.165) is 0 Å². The lowest BCUT2D eigenvalue weighted by Gasteiger charge is -2.37. The fourth-order valence-electron chi connectivity index (χ4n) is 2.64. The maximum absolute atomic E-state index is 11.9. The SMILES string of the molecule is CC(C)(C)CC(=O)OC(C)(C)C1CCCCC1. The molecule has 0 aromatic rings. The van der Waals surface area contributed by atoms with Crippen LogP contribution in [-0.4, -0.2) is 11.6 Å². The number of carbonyl (C=O) groups excluding carboxylic acids is 1. The lowest BCUT2D eigenvalue weighted by Crippen LogP contribution is -2.38. The molecule has 1 saturated carbocycles. The van der Waals surface area contributed by atoms with Crippen LogP contribution < -0.4 is 0 Å². The molecule has 0 bridgehead atoms. The molecule has 0 saturated heterocycles. The molecule has 0 atom stereocenters. The summed E-state index contributed by atoms with van der Waals surface area (Å²) in [5.41, 5.74) is -0.275. The Morgan fingerprint density at radius 2 is 1.59 bits per heavy atom. The van der Waals surface area contributed by atoms with Gasteiger partial charge in [-0.1, -0.05) is 40.0 Å².